The normalized spacial score (nSPS) is 23.9. The Morgan fingerprint density at radius 2 is 1.56 bits per heavy atom. The highest BCUT2D eigenvalue weighted by atomic mass is 16.2. The molecule has 18 heavy (non-hydrogen) atoms. The molecule has 1 unspecified atom stereocenters. The second-order valence-corrected chi connectivity index (χ2v) is 7.79. The first-order valence-corrected chi connectivity index (χ1v) is 7.02. The molecule has 0 aromatic heterocycles. The van der Waals surface area contributed by atoms with Gasteiger partial charge in [-0.15, -0.1) is 0 Å². The molecule has 3 heteroatoms. The van der Waals surface area contributed by atoms with Gasteiger partial charge in [-0.25, -0.2) is 0 Å². The van der Waals surface area contributed by atoms with E-state index in [1.807, 2.05) is 4.90 Å². The predicted octanol–water partition coefficient (Wildman–Crippen LogP) is 2.75. The summed E-state index contributed by atoms with van der Waals surface area (Å²) in [6.45, 7) is 18.8. The summed E-state index contributed by atoms with van der Waals surface area (Å²) in [5.74, 6) is 0.816. The maximum atomic E-state index is 12.4. The van der Waals surface area contributed by atoms with Gasteiger partial charge in [0, 0.05) is 23.7 Å². The van der Waals surface area contributed by atoms with Crippen molar-refractivity contribution in [1.29, 1.82) is 0 Å². The highest BCUT2D eigenvalue weighted by Crippen LogP contribution is 2.29. The van der Waals surface area contributed by atoms with Crippen LogP contribution in [0.4, 0.5) is 0 Å². The van der Waals surface area contributed by atoms with E-state index in [9.17, 15) is 4.79 Å². The molecule has 0 spiro atoms. The Kier molecular flexibility index (Phi) is 4.16. The van der Waals surface area contributed by atoms with E-state index in [4.69, 9.17) is 0 Å². The number of carbonyl (C=O) groups excluding carboxylic acids is 1. The third kappa shape index (κ3) is 3.25. The first kappa shape index (κ1) is 15.5. The quantitative estimate of drug-likeness (QED) is 0.718. The molecule has 0 aromatic carbocycles. The molecule has 0 radical (unpaired) electrons. The van der Waals surface area contributed by atoms with Crippen molar-refractivity contribution in [1.82, 2.24) is 9.80 Å². The molecule has 1 saturated heterocycles. The molecule has 0 N–H and O–H groups in total. The molecule has 1 aliphatic rings. The Balaban J connectivity index is 3.00. The number of amides is 1. The zero-order chi connectivity index (χ0) is 14.3. The van der Waals surface area contributed by atoms with Crippen molar-refractivity contribution < 1.29 is 4.79 Å². The summed E-state index contributed by atoms with van der Waals surface area (Å²) in [5, 5.41) is 0. The smallest absolute Gasteiger partial charge is 0.237 e. The van der Waals surface area contributed by atoms with Gasteiger partial charge >= 0.3 is 0 Å². The van der Waals surface area contributed by atoms with Gasteiger partial charge in [-0.2, -0.15) is 0 Å². The molecule has 1 amide bonds. The van der Waals surface area contributed by atoms with Crippen LogP contribution in [0.5, 0.6) is 0 Å². The van der Waals surface area contributed by atoms with Crippen LogP contribution in [0, 0.1) is 5.92 Å². The average Bonchev–Trinajstić information content (AvgIpc) is 2.13. The predicted molar refractivity (Wildman–Crippen MR) is 76.6 cm³/mol. The van der Waals surface area contributed by atoms with Crippen molar-refractivity contribution in [2.24, 2.45) is 5.92 Å². The number of hydrogen-bond donors (Lipinski definition) is 0. The van der Waals surface area contributed by atoms with E-state index >= 15 is 0 Å². The average molecular weight is 254 g/mol. The largest absolute Gasteiger partial charge is 0.335 e. The van der Waals surface area contributed by atoms with E-state index in [-0.39, 0.29) is 17.0 Å². The first-order valence-electron chi connectivity index (χ1n) is 7.02. The lowest BCUT2D eigenvalue weighted by atomic mass is 9.91. The van der Waals surface area contributed by atoms with Crippen LogP contribution in [-0.2, 0) is 4.79 Å². The van der Waals surface area contributed by atoms with Crippen LogP contribution in [0.15, 0.2) is 0 Å². The van der Waals surface area contributed by atoms with Gasteiger partial charge in [-0.3, -0.25) is 9.69 Å². The number of hydrogen-bond acceptors (Lipinski definition) is 2. The molecule has 1 heterocycles. The highest BCUT2D eigenvalue weighted by Gasteiger charge is 2.41. The summed E-state index contributed by atoms with van der Waals surface area (Å²) in [7, 11) is 0. The summed E-state index contributed by atoms with van der Waals surface area (Å²) in [4.78, 5) is 16.8. The molecular formula is C15H30N2O. The summed E-state index contributed by atoms with van der Waals surface area (Å²) in [6, 6.07) is 0.446. The Morgan fingerprint density at radius 1 is 1.06 bits per heavy atom. The number of piperazine rings is 1. The zero-order valence-electron chi connectivity index (χ0n) is 13.4. The Morgan fingerprint density at radius 3 is 1.89 bits per heavy atom. The molecule has 0 saturated carbocycles. The summed E-state index contributed by atoms with van der Waals surface area (Å²) in [6.07, 6.45) is 0. The lowest BCUT2D eigenvalue weighted by molar-refractivity contribution is -0.149. The van der Waals surface area contributed by atoms with Gasteiger partial charge in [0.05, 0.1) is 6.54 Å². The van der Waals surface area contributed by atoms with Crippen molar-refractivity contribution in [3.63, 3.8) is 0 Å². The van der Waals surface area contributed by atoms with Crippen molar-refractivity contribution >= 4 is 5.91 Å². The lowest BCUT2D eigenvalue weighted by Crippen LogP contribution is -2.66. The fourth-order valence-electron chi connectivity index (χ4n) is 2.69. The van der Waals surface area contributed by atoms with Crippen molar-refractivity contribution in [2.45, 2.75) is 72.5 Å². The standard InChI is InChI=1S/C15H30N2O/c1-11(2)12-9-17(15(6,7)8)13(18)10-16(12)14(3,4)5/h11-12H,9-10H2,1-8H3. The lowest BCUT2D eigenvalue weighted by Gasteiger charge is -2.52. The van der Waals surface area contributed by atoms with E-state index in [2.05, 4.69) is 60.3 Å². The van der Waals surface area contributed by atoms with Gasteiger partial charge < -0.3 is 4.90 Å². The van der Waals surface area contributed by atoms with E-state index in [0.29, 0.717) is 18.5 Å². The minimum atomic E-state index is -0.0752. The number of rotatable bonds is 1. The van der Waals surface area contributed by atoms with Gasteiger partial charge in [0.15, 0.2) is 0 Å². The molecule has 3 nitrogen and oxygen atoms in total. The Labute approximate surface area is 113 Å². The van der Waals surface area contributed by atoms with E-state index in [1.165, 1.54) is 0 Å². The van der Waals surface area contributed by atoms with Gasteiger partial charge in [0.2, 0.25) is 5.91 Å². The SMILES string of the molecule is CC(C)C1CN(C(C)(C)C)C(=O)CN1C(C)(C)C. The minimum absolute atomic E-state index is 0.0502. The van der Waals surface area contributed by atoms with Crippen LogP contribution in [0.3, 0.4) is 0 Å². The van der Waals surface area contributed by atoms with E-state index in [1.54, 1.807) is 0 Å². The Bertz CT molecular complexity index is 309. The van der Waals surface area contributed by atoms with Gasteiger partial charge in [-0.1, -0.05) is 13.8 Å². The summed E-state index contributed by atoms with van der Waals surface area (Å²) < 4.78 is 0. The fraction of sp³-hybridized carbons (Fsp3) is 0.933. The highest BCUT2D eigenvalue weighted by molar-refractivity contribution is 5.80. The molecule has 0 aromatic rings. The third-order valence-corrected chi connectivity index (χ3v) is 3.82. The van der Waals surface area contributed by atoms with Crippen molar-refractivity contribution in [3.8, 4) is 0 Å². The van der Waals surface area contributed by atoms with Gasteiger partial charge in [-0.05, 0) is 47.5 Å². The monoisotopic (exact) mass is 254 g/mol. The van der Waals surface area contributed by atoms with Gasteiger partial charge in [0.1, 0.15) is 0 Å². The minimum Gasteiger partial charge on any atom is -0.335 e. The van der Waals surface area contributed by atoms with Crippen LogP contribution in [0.25, 0.3) is 0 Å². The van der Waals surface area contributed by atoms with Gasteiger partial charge in [0.25, 0.3) is 0 Å². The van der Waals surface area contributed by atoms with Crippen molar-refractivity contribution in [3.05, 3.63) is 0 Å². The Hall–Kier alpha value is -0.570. The first-order chi connectivity index (χ1) is 7.94. The molecular weight excluding hydrogens is 224 g/mol. The maximum absolute atomic E-state index is 12.4. The van der Waals surface area contributed by atoms with Crippen LogP contribution in [-0.4, -0.2) is 45.9 Å². The molecule has 1 fully saturated rings. The van der Waals surface area contributed by atoms with Crippen LogP contribution in [0.2, 0.25) is 0 Å². The topological polar surface area (TPSA) is 23.6 Å². The fourth-order valence-corrected chi connectivity index (χ4v) is 2.69. The molecule has 1 atom stereocenters. The molecule has 0 bridgehead atoms. The number of carbonyl (C=O) groups is 1. The second kappa shape index (κ2) is 4.84. The van der Waals surface area contributed by atoms with E-state index < -0.39 is 0 Å². The third-order valence-electron chi connectivity index (χ3n) is 3.82. The maximum Gasteiger partial charge on any atom is 0.237 e. The van der Waals surface area contributed by atoms with Crippen LogP contribution < -0.4 is 0 Å². The molecule has 1 rings (SSSR count). The molecule has 1 aliphatic heterocycles. The number of nitrogens with zero attached hydrogens (tertiary/aromatic N) is 2. The van der Waals surface area contributed by atoms with Crippen molar-refractivity contribution in [2.75, 3.05) is 13.1 Å². The molecule has 0 aliphatic carbocycles. The van der Waals surface area contributed by atoms with E-state index in [0.717, 1.165) is 6.54 Å². The summed E-state index contributed by atoms with van der Waals surface area (Å²) >= 11 is 0. The van der Waals surface area contributed by atoms with Crippen LogP contribution in [0.1, 0.15) is 55.4 Å². The summed E-state index contributed by atoms with van der Waals surface area (Å²) in [5.41, 5.74) is -0.0250. The second-order valence-electron chi connectivity index (χ2n) is 7.79. The molecule has 106 valence electrons. The van der Waals surface area contributed by atoms with Crippen LogP contribution >= 0.6 is 0 Å². The zero-order valence-corrected chi connectivity index (χ0v) is 13.4.